The molecule has 0 aromatic carbocycles. The Morgan fingerprint density at radius 1 is 1.32 bits per heavy atom. The van der Waals surface area contributed by atoms with Crippen molar-refractivity contribution >= 4 is 0 Å². The van der Waals surface area contributed by atoms with E-state index >= 15 is 0 Å². The Morgan fingerprint density at radius 3 is 2.45 bits per heavy atom. The van der Waals surface area contributed by atoms with Crippen LogP contribution in [0.4, 0.5) is 0 Å². The molecule has 0 radical (unpaired) electrons. The molecule has 1 fully saturated rings. The fraction of sp³-hybridized carbons (Fsp3) is 0.714. The Labute approximate surface area is 139 Å². The summed E-state index contributed by atoms with van der Waals surface area (Å²) in [7, 11) is 0. The molecule has 0 saturated heterocycles. The zero-order valence-electron chi connectivity index (χ0n) is 15.8. The molecular weight excluding hydrogens is 266 g/mol. The van der Waals surface area contributed by atoms with Gasteiger partial charge in [-0.25, -0.2) is 0 Å². The van der Waals surface area contributed by atoms with Gasteiger partial charge < -0.3 is 4.90 Å². The molecule has 1 heteroatoms. The summed E-state index contributed by atoms with van der Waals surface area (Å²) in [5.74, 6) is 1.57. The van der Waals surface area contributed by atoms with Crippen LogP contribution >= 0.6 is 0 Å². The average Bonchev–Trinajstić information content (AvgIpc) is 3.21. The van der Waals surface area contributed by atoms with E-state index in [1.165, 1.54) is 43.5 Å². The van der Waals surface area contributed by atoms with Gasteiger partial charge in [0.15, 0.2) is 0 Å². The van der Waals surface area contributed by atoms with E-state index in [1.54, 1.807) is 0 Å². The van der Waals surface area contributed by atoms with Gasteiger partial charge in [0.25, 0.3) is 0 Å². The van der Waals surface area contributed by atoms with Crippen LogP contribution in [0.2, 0.25) is 0 Å². The minimum atomic E-state index is 0.365. The first-order valence-corrected chi connectivity index (χ1v) is 8.96. The summed E-state index contributed by atoms with van der Waals surface area (Å²) >= 11 is 0. The number of hydrogen-bond donors (Lipinski definition) is 0. The Kier molecular flexibility index (Phi) is 7.45. The van der Waals surface area contributed by atoms with Gasteiger partial charge in [0.1, 0.15) is 0 Å². The first-order chi connectivity index (χ1) is 10.3. The van der Waals surface area contributed by atoms with Gasteiger partial charge in [-0.3, -0.25) is 0 Å². The molecule has 0 heterocycles. The van der Waals surface area contributed by atoms with Crippen LogP contribution in [0.15, 0.2) is 36.1 Å². The van der Waals surface area contributed by atoms with Gasteiger partial charge in [-0.05, 0) is 69.8 Å². The van der Waals surface area contributed by atoms with Crippen molar-refractivity contribution in [2.24, 2.45) is 17.3 Å². The van der Waals surface area contributed by atoms with Crippen molar-refractivity contribution in [2.75, 3.05) is 13.1 Å². The van der Waals surface area contributed by atoms with Crippen molar-refractivity contribution in [3.8, 4) is 0 Å². The molecule has 1 saturated carbocycles. The van der Waals surface area contributed by atoms with Crippen LogP contribution in [-0.2, 0) is 0 Å². The zero-order chi connectivity index (χ0) is 16.8. The normalized spacial score (nSPS) is 16.6. The third kappa shape index (κ3) is 6.85. The van der Waals surface area contributed by atoms with E-state index in [2.05, 4.69) is 71.2 Å². The lowest BCUT2D eigenvalue weighted by molar-refractivity contribution is 0.159. The molecule has 1 nitrogen and oxygen atoms in total. The van der Waals surface area contributed by atoms with E-state index in [-0.39, 0.29) is 0 Å². The predicted octanol–water partition coefficient (Wildman–Crippen LogP) is 6.20. The van der Waals surface area contributed by atoms with Gasteiger partial charge >= 0.3 is 0 Å². The summed E-state index contributed by atoms with van der Waals surface area (Å²) in [6, 6.07) is 0. The van der Waals surface area contributed by atoms with E-state index in [0.717, 1.165) is 12.5 Å². The van der Waals surface area contributed by atoms with Crippen LogP contribution < -0.4 is 0 Å². The van der Waals surface area contributed by atoms with Crippen molar-refractivity contribution in [1.82, 2.24) is 4.90 Å². The SMILES string of the molecule is C=C(/C=C/C)N(CC1CC1)CC(C)C(C)(C)CCC=C(C)C. The summed E-state index contributed by atoms with van der Waals surface area (Å²) in [5.41, 5.74) is 2.98. The Bertz CT molecular complexity index is 406. The largest absolute Gasteiger partial charge is 0.371 e. The van der Waals surface area contributed by atoms with E-state index < -0.39 is 0 Å². The first-order valence-electron chi connectivity index (χ1n) is 8.96. The van der Waals surface area contributed by atoms with Gasteiger partial charge in [-0.1, -0.05) is 45.1 Å². The number of nitrogens with zero attached hydrogens (tertiary/aromatic N) is 1. The Balaban J connectivity index is 2.61. The molecule has 0 N–H and O–H groups in total. The quantitative estimate of drug-likeness (QED) is 0.343. The zero-order valence-corrected chi connectivity index (χ0v) is 15.8. The summed E-state index contributed by atoms with van der Waals surface area (Å²) in [5, 5.41) is 0. The van der Waals surface area contributed by atoms with Crippen LogP contribution in [0.5, 0.6) is 0 Å². The van der Waals surface area contributed by atoms with Crippen molar-refractivity contribution in [1.29, 1.82) is 0 Å². The van der Waals surface area contributed by atoms with Crippen molar-refractivity contribution in [3.05, 3.63) is 36.1 Å². The molecule has 0 aromatic rings. The van der Waals surface area contributed by atoms with Crippen LogP contribution in [0.25, 0.3) is 0 Å². The molecule has 0 bridgehead atoms. The molecular formula is C21H37N. The van der Waals surface area contributed by atoms with Gasteiger partial charge in [0, 0.05) is 18.8 Å². The van der Waals surface area contributed by atoms with E-state index in [4.69, 9.17) is 0 Å². The molecule has 1 rings (SSSR count). The van der Waals surface area contributed by atoms with Gasteiger partial charge in [-0.2, -0.15) is 0 Å². The lowest BCUT2D eigenvalue weighted by atomic mass is 9.76. The number of hydrogen-bond acceptors (Lipinski definition) is 1. The Hall–Kier alpha value is -0.980. The number of rotatable bonds is 10. The van der Waals surface area contributed by atoms with Crippen LogP contribution in [0, 0.1) is 17.3 Å². The second kappa shape index (κ2) is 8.60. The second-order valence-corrected chi connectivity index (χ2v) is 8.05. The lowest BCUT2D eigenvalue weighted by Crippen LogP contribution is -2.35. The van der Waals surface area contributed by atoms with Crippen LogP contribution in [-0.4, -0.2) is 18.0 Å². The fourth-order valence-electron chi connectivity index (χ4n) is 2.78. The third-order valence-corrected chi connectivity index (χ3v) is 5.11. The van der Waals surface area contributed by atoms with Gasteiger partial charge in [-0.15, -0.1) is 0 Å². The molecule has 22 heavy (non-hydrogen) atoms. The second-order valence-electron chi connectivity index (χ2n) is 8.05. The monoisotopic (exact) mass is 303 g/mol. The molecule has 0 amide bonds. The highest BCUT2D eigenvalue weighted by Crippen LogP contribution is 2.35. The molecule has 1 unspecified atom stereocenters. The summed E-state index contributed by atoms with van der Waals surface area (Å²) < 4.78 is 0. The molecule has 1 aliphatic carbocycles. The molecule has 1 aliphatic rings. The Morgan fingerprint density at radius 2 is 1.95 bits per heavy atom. The highest BCUT2D eigenvalue weighted by molar-refractivity contribution is 5.13. The van der Waals surface area contributed by atoms with E-state index in [1.807, 2.05) is 0 Å². The smallest absolute Gasteiger partial charge is 0.0290 e. The molecule has 1 atom stereocenters. The number of allylic oxidation sites excluding steroid dienone is 4. The van der Waals surface area contributed by atoms with Gasteiger partial charge in [0.2, 0.25) is 0 Å². The minimum Gasteiger partial charge on any atom is -0.371 e. The van der Waals surface area contributed by atoms with E-state index in [0.29, 0.717) is 11.3 Å². The van der Waals surface area contributed by atoms with E-state index in [9.17, 15) is 0 Å². The average molecular weight is 304 g/mol. The standard InChI is InChI=1S/C21H37N/c1-8-10-19(5)22(16-20-12-13-20)15-18(4)21(6,7)14-9-11-17(2)3/h8,10-11,18,20H,5,9,12-16H2,1-4,6-7H3/b10-8+. The summed E-state index contributed by atoms with van der Waals surface area (Å²) in [4.78, 5) is 2.52. The van der Waals surface area contributed by atoms with Crippen molar-refractivity contribution < 1.29 is 0 Å². The maximum absolute atomic E-state index is 4.28. The molecule has 0 aromatic heterocycles. The molecule has 126 valence electrons. The van der Waals surface area contributed by atoms with Gasteiger partial charge in [0.05, 0.1) is 0 Å². The van der Waals surface area contributed by atoms with Crippen molar-refractivity contribution in [3.63, 3.8) is 0 Å². The van der Waals surface area contributed by atoms with Crippen LogP contribution in [0.3, 0.4) is 0 Å². The summed E-state index contributed by atoms with van der Waals surface area (Å²) in [6.07, 6.45) is 11.9. The maximum atomic E-state index is 4.28. The minimum absolute atomic E-state index is 0.365. The highest BCUT2D eigenvalue weighted by atomic mass is 15.1. The predicted molar refractivity (Wildman–Crippen MR) is 99.9 cm³/mol. The van der Waals surface area contributed by atoms with Crippen LogP contribution in [0.1, 0.15) is 67.2 Å². The first kappa shape index (κ1) is 19.1. The topological polar surface area (TPSA) is 3.24 Å². The fourth-order valence-corrected chi connectivity index (χ4v) is 2.78. The molecule has 0 spiro atoms. The highest BCUT2D eigenvalue weighted by Gasteiger charge is 2.30. The van der Waals surface area contributed by atoms with Crippen molar-refractivity contribution in [2.45, 2.75) is 67.2 Å². The third-order valence-electron chi connectivity index (χ3n) is 5.11. The molecule has 0 aliphatic heterocycles. The maximum Gasteiger partial charge on any atom is 0.0290 e. The lowest BCUT2D eigenvalue weighted by Gasteiger charge is -2.37. The summed E-state index contributed by atoms with van der Waals surface area (Å²) in [6.45, 7) is 20.3.